The minimum Gasteiger partial charge on any atom is -0.353 e. The molecule has 0 aromatic rings. The fraction of sp³-hybridized carbons (Fsp3) is 1.00. The van der Waals surface area contributed by atoms with Crippen LogP contribution in [0.2, 0.25) is 0 Å². The Morgan fingerprint density at radius 3 is 2.60 bits per heavy atom. The van der Waals surface area contributed by atoms with E-state index in [9.17, 15) is 0 Å². The van der Waals surface area contributed by atoms with Crippen molar-refractivity contribution >= 4 is 11.8 Å². The van der Waals surface area contributed by atoms with Crippen molar-refractivity contribution in [1.82, 2.24) is 0 Å². The van der Waals surface area contributed by atoms with Crippen LogP contribution in [-0.4, -0.2) is 31.5 Å². The molecule has 0 spiro atoms. The topological polar surface area (TPSA) is 18.5 Å². The van der Waals surface area contributed by atoms with Crippen LogP contribution in [0.1, 0.15) is 13.8 Å². The Morgan fingerprint density at radius 2 is 2.10 bits per heavy atom. The highest BCUT2D eigenvalue weighted by atomic mass is 32.2. The molecule has 0 bridgehead atoms. The molecular weight excluding hydrogens is 148 g/mol. The lowest BCUT2D eigenvalue weighted by Crippen LogP contribution is -2.14. The summed E-state index contributed by atoms with van der Waals surface area (Å²) in [5.74, 6) is 1.04. The van der Waals surface area contributed by atoms with Crippen LogP contribution >= 0.6 is 11.8 Å². The Hall–Kier alpha value is 0.270. The Morgan fingerprint density at radius 1 is 1.40 bits per heavy atom. The average Bonchev–Trinajstić information content (AvgIpc) is 1.89. The zero-order chi connectivity index (χ0) is 7.82. The second-order valence-corrected chi connectivity index (χ2v) is 2.87. The molecule has 0 N–H and O–H groups in total. The van der Waals surface area contributed by atoms with Crippen molar-refractivity contribution in [2.24, 2.45) is 0 Å². The van der Waals surface area contributed by atoms with Gasteiger partial charge in [0.05, 0.1) is 6.61 Å². The molecule has 1 unspecified atom stereocenters. The number of hydrogen-bond acceptors (Lipinski definition) is 3. The van der Waals surface area contributed by atoms with Gasteiger partial charge in [-0.25, -0.2) is 0 Å². The van der Waals surface area contributed by atoms with Gasteiger partial charge in [0.1, 0.15) is 0 Å². The highest BCUT2D eigenvalue weighted by Crippen LogP contribution is 1.96. The first-order valence-electron chi connectivity index (χ1n) is 3.53. The summed E-state index contributed by atoms with van der Waals surface area (Å²) in [6.07, 6.45) is 2.02. The molecule has 0 radical (unpaired) electrons. The summed E-state index contributed by atoms with van der Waals surface area (Å²) in [5, 5.41) is 0. The quantitative estimate of drug-likeness (QED) is 0.440. The first-order valence-corrected chi connectivity index (χ1v) is 4.92. The van der Waals surface area contributed by atoms with Gasteiger partial charge < -0.3 is 9.47 Å². The molecule has 0 fully saturated rings. The first kappa shape index (κ1) is 10.3. The summed E-state index contributed by atoms with van der Waals surface area (Å²) in [4.78, 5) is 0. The maximum absolute atomic E-state index is 5.28. The molecule has 0 aliphatic rings. The van der Waals surface area contributed by atoms with Gasteiger partial charge in [-0.1, -0.05) is 0 Å². The van der Waals surface area contributed by atoms with Crippen molar-refractivity contribution in [3.63, 3.8) is 0 Å². The minimum atomic E-state index is -0.0443. The van der Waals surface area contributed by atoms with Crippen LogP contribution in [0.15, 0.2) is 0 Å². The largest absolute Gasteiger partial charge is 0.353 e. The molecular formula is C7H16O2S. The van der Waals surface area contributed by atoms with E-state index >= 15 is 0 Å². The Labute approximate surface area is 67.3 Å². The predicted octanol–water partition coefficient (Wildman–Crippen LogP) is 1.75. The van der Waals surface area contributed by atoms with Crippen molar-refractivity contribution in [2.75, 3.05) is 25.2 Å². The van der Waals surface area contributed by atoms with Gasteiger partial charge in [0, 0.05) is 12.4 Å². The first-order chi connectivity index (χ1) is 4.81. The number of hydrogen-bond donors (Lipinski definition) is 0. The predicted molar refractivity (Wildman–Crippen MR) is 45.4 cm³/mol. The summed E-state index contributed by atoms with van der Waals surface area (Å²) < 4.78 is 10.4. The lowest BCUT2D eigenvalue weighted by atomic mass is 10.7. The van der Waals surface area contributed by atoms with Gasteiger partial charge in [-0.2, -0.15) is 11.8 Å². The van der Waals surface area contributed by atoms with Gasteiger partial charge in [-0.15, -0.1) is 0 Å². The van der Waals surface area contributed by atoms with Gasteiger partial charge in [-0.3, -0.25) is 0 Å². The van der Waals surface area contributed by atoms with Crippen LogP contribution in [0.25, 0.3) is 0 Å². The molecule has 62 valence electrons. The standard InChI is InChI=1S/C7H16O2S/c1-4-8-7(2)9-5-6-10-3/h7H,4-6H2,1-3H3. The van der Waals surface area contributed by atoms with E-state index in [4.69, 9.17) is 9.47 Å². The Balaban J connectivity index is 2.97. The van der Waals surface area contributed by atoms with Crippen LogP contribution in [-0.2, 0) is 9.47 Å². The lowest BCUT2D eigenvalue weighted by molar-refractivity contribution is -0.122. The second-order valence-electron chi connectivity index (χ2n) is 1.89. The van der Waals surface area contributed by atoms with E-state index in [-0.39, 0.29) is 6.29 Å². The van der Waals surface area contributed by atoms with Gasteiger partial charge in [-0.05, 0) is 20.1 Å². The third-order valence-electron chi connectivity index (χ3n) is 1.04. The Kier molecular flexibility index (Phi) is 7.58. The molecule has 3 heteroatoms. The molecule has 0 heterocycles. The van der Waals surface area contributed by atoms with E-state index in [0.29, 0.717) is 0 Å². The van der Waals surface area contributed by atoms with E-state index < -0.39 is 0 Å². The van der Waals surface area contributed by atoms with Crippen LogP contribution in [0, 0.1) is 0 Å². The van der Waals surface area contributed by atoms with Crippen molar-refractivity contribution in [2.45, 2.75) is 20.1 Å². The van der Waals surface area contributed by atoms with Crippen LogP contribution < -0.4 is 0 Å². The number of ether oxygens (including phenoxy) is 2. The van der Waals surface area contributed by atoms with Crippen molar-refractivity contribution < 1.29 is 9.47 Å². The molecule has 0 aliphatic carbocycles. The van der Waals surface area contributed by atoms with E-state index in [1.807, 2.05) is 13.8 Å². The van der Waals surface area contributed by atoms with Gasteiger partial charge >= 0.3 is 0 Å². The normalized spacial score (nSPS) is 13.5. The van der Waals surface area contributed by atoms with Crippen LogP contribution in [0.4, 0.5) is 0 Å². The lowest BCUT2D eigenvalue weighted by Gasteiger charge is -2.11. The molecule has 0 aromatic carbocycles. The van der Waals surface area contributed by atoms with Crippen LogP contribution in [0.5, 0.6) is 0 Å². The van der Waals surface area contributed by atoms with Gasteiger partial charge in [0.15, 0.2) is 6.29 Å². The zero-order valence-electron chi connectivity index (χ0n) is 6.92. The van der Waals surface area contributed by atoms with E-state index in [0.717, 1.165) is 19.0 Å². The SMILES string of the molecule is CCOC(C)OCCSC. The highest BCUT2D eigenvalue weighted by Gasteiger charge is 1.97. The highest BCUT2D eigenvalue weighted by molar-refractivity contribution is 7.98. The van der Waals surface area contributed by atoms with Gasteiger partial charge in [0.25, 0.3) is 0 Å². The van der Waals surface area contributed by atoms with E-state index in [1.54, 1.807) is 11.8 Å². The molecule has 0 amide bonds. The van der Waals surface area contributed by atoms with Gasteiger partial charge in [0.2, 0.25) is 0 Å². The average molecular weight is 164 g/mol. The fourth-order valence-electron chi connectivity index (χ4n) is 0.580. The Bertz CT molecular complexity index is 68.6. The maximum Gasteiger partial charge on any atom is 0.154 e. The van der Waals surface area contributed by atoms with Crippen molar-refractivity contribution in [1.29, 1.82) is 0 Å². The molecule has 0 saturated carbocycles. The van der Waals surface area contributed by atoms with Crippen molar-refractivity contribution in [3.05, 3.63) is 0 Å². The van der Waals surface area contributed by atoms with Crippen LogP contribution in [0.3, 0.4) is 0 Å². The van der Waals surface area contributed by atoms with Crippen molar-refractivity contribution in [3.8, 4) is 0 Å². The monoisotopic (exact) mass is 164 g/mol. The molecule has 0 rings (SSSR count). The number of rotatable bonds is 6. The third kappa shape index (κ3) is 6.39. The molecule has 10 heavy (non-hydrogen) atoms. The molecule has 2 nitrogen and oxygen atoms in total. The summed E-state index contributed by atoms with van der Waals surface area (Å²) in [7, 11) is 0. The maximum atomic E-state index is 5.28. The van der Waals surface area contributed by atoms with E-state index in [2.05, 4.69) is 6.26 Å². The smallest absolute Gasteiger partial charge is 0.154 e. The second kappa shape index (κ2) is 7.38. The van der Waals surface area contributed by atoms with E-state index in [1.165, 1.54) is 0 Å². The molecule has 0 saturated heterocycles. The summed E-state index contributed by atoms with van der Waals surface area (Å²) in [6, 6.07) is 0. The molecule has 0 aliphatic heterocycles. The summed E-state index contributed by atoms with van der Waals surface area (Å²) >= 11 is 1.78. The number of thioether (sulfide) groups is 1. The summed E-state index contributed by atoms with van der Waals surface area (Å²) in [5.41, 5.74) is 0. The summed E-state index contributed by atoms with van der Waals surface area (Å²) in [6.45, 7) is 5.39. The minimum absolute atomic E-state index is 0.0443. The molecule has 1 atom stereocenters. The molecule has 0 aromatic heterocycles. The zero-order valence-corrected chi connectivity index (χ0v) is 7.74. The third-order valence-corrected chi connectivity index (χ3v) is 1.62. The fourth-order valence-corrected chi connectivity index (χ4v) is 0.843.